The van der Waals surface area contributed by atoms with E-state index in [-0.39, 0.29) is 24.6 Å². The summed E-state index contributed by atoms with van der Waals surface area (Å²) >= 11 is 0. The molecule has 1 aromatic rings. The number of anilines is 1. The molecule has 0 radical (unpaired) electrons. The zero-order chi connectivity index (χ0) is 10.6. The number of likely N-dealkylation sites (N-methyl/N-ethyl adjacent to an activating group) is 1. The molecule has 1 rings (SSSR count). The van der Waals surface area contributed by atoms with Crippen molar-refractivity contribution >= 4 is 5.82 Å². The third-order valence-corrected chi connectivity index (χ3v) is 1.92. The Morgan fingerprint density at radius 3 is 2.79 bits per heavy atom. The van der Waals surface area contributed by atoms with Crippen molar-refractivity contribution in [2.75, 3.05) is 25.1 Å². The average molecular weight is 200 g/mol. The lowest BCUT2D eigenvalue weighted by Gasteiger charge is -2.17. The molecular formula is C9H13FN2O2. The topological polar surface area (TPSA) is 56.6 Å². The molecule has 0 aliphatic heterocycles. The predicted octanol–water partition coefficient (Wildman–Crippen LogP) is 0.141. The van der Waals surface area contributed by atoms with Gasteiger partial charge in [0.05, 0.1) is 13.2 Å². The molecule has 0 bridgehead atoms. The number of aromatic nitrogens is 1. The predicted molar refractivity (Wildman–Crippen MR) is 50.5 cm³/mol. The standard InChI is InChI=1S/C9H13FN2O2/c1-12(4-5-13)9-8(10)7(6-14)2-3-11-9/h2-3,13-14H,4-6H2,1H3. The van der Waals surface area contributed by atoms with E-state index >= 15 is 0 Å². The first-order chi connectivity index (χ1) is 6.70. The molecule has 0 atom stereocenters. The Morgan fingerprint density at radius 1 is 1.50 bits per heavy atom. The van der Waals surface area contributed by atoms with Gasteiger partial charge in [-0.1, -0.05) is 0 Å². The van der Waals surface area contributed by atoms with Gasteiger partial charge in [0.1, 0.15) is 0 Å². The minimum atomic E-state index is -0.536. The highest BCUT2D eigenvalue weighted by atomic mass is 19.1. The van der Waals surface area contributed by atoms with E-state index < -0.39 is 5.82 Å². The molecule has 2 N–H and O–H groups in total. The molecule has 14 heavy (non-hydrogen) atoms. The van der Waals surface area contributed by atoms with Crippen LogP contribution < -0.4 is 4.90 Å². The van der Waals surface area contributed by atoms with Crippen LogP contribution in [0.2, 0.25) is 0 Å². The molecule has 0 aliphatic rings. The number of rotatable bonds is 4. The molecule has 0 unspecified atom stereocenters. The Labute approximate surface area is 81.6 Å². The fraction of sp³-hybridized carbons (Fsp3) is 0.444. The zero-order valence-electron chi connectivity index (χ0n) is 7.94. The van der Waals surface area contributed by atoms with Gasteiger partial charge in [-0.3, -0.25) is 0 Å². The van der Waals surface area contributed by atoms with Crippen molar-refractivity contribution < 1.29 is 14.6 Å². The molecule has 0 amide bonds. The van der Waals surface area contributed by atoms with Gasteiger partial charge >= 0.3 is 0 Å². The summed E-state index contributed by atoms with van der Waals surface area (Å²) in [6, 6.07) is 1.42. The maximum absolute atomic E-state index is 13.5. The summed E-state index contributed by atoms with van der Waals surface area (Å²) in [5, 5.41) is 17.5. The van der Waals surface area contributed by atoms with Crippen molar-refractivity contribution in [2.24, 2.45) is 0 Å². The molecule has 0 aromatic carbocycles. The van der Waals surface area contributed by atoms with Gasteiger partial charge in [-0.25, -0.2) is 9.37 Å². The van der Waals surface area contributed by atoms with Gasteiger partial charge < -0.3 is 15.1 Å². The van der Waals surface area contributed by atoms with Gasteiger partial charge in [-0.15, -0.1) is 0 Å². The number of aliphatic hydroxyl groups is 2. The van der Waals surface area contributed by atoms with Crippen molar-refractivity contribution in [1.29, 1.82) is 0 Å². The van der Waals surface area contributed by atoms with E-state index in [1.807, 2.05) is 0 Å². The number of nitrogens with zero attached hydrogens (tertiary/aromatic N) is 2. The van der Waals surface area contributed by atoms with E-state index in [0.29, 0.717) is 6.54 Å². The molecule has 1 heterocycles. The first-order valence-electron chi connectivity index (χ1n) is 4.27. The van der Waals surface area contributed by atoms with Crippen LogP contribution in [0, 0.1) is 5.82 Å². The maximum atomic E-state index is 13.5. The third kappa shape index (κ3) is 2.18. The quantitative estimate of drug-likeness (QED) is 0.726. The minimum Gasteiger partial charge on any atom is -0.395 e. The number of halogens is 1. The summed E-state index contributed by atoms with van der Waals surface area (Å²) in [4.78, 5) is 5.33. The summed E-state index contributed by atoms with van der Waals surface area (Å²) in [6.07, 6.45) is 1.43. The highest BCUT2D eigenvalue weighted by molar-refractivity contribution is 5.41. The number of aliphatic hydroxyl groups excluding tert-OH is 2. The Kier molecular flexibility index (Phi) is 3.79. The second-order valence-corrected chi connectivity index (χ2v) is 2.91. The van der Waals surface area contributed by atoms with Gasteiger partial charge in [0.25, 0.3) is 0 Å². The van der Waals surface area contributed by atoms with Gasteiger partial charge in [0.2, 0.25) is 0 Å². The summed E-state index contributed by atoms with van der Waals surface area (Å²) < 4.78 is 13.5. The van der Waals surface area contributed by atoms with Crippen molar-refractivity contribution in [1.82, 2.24) is 4.98 Å². The maximum Gasteiger partial charge on any atom is 0.171 e. The molecule has 0 fully saturated rings. The lowest BCUT2D eigenvalue weighted by Crippen LogP contribution is -2.23. The highest BCUT2D eigenvalue weighted by Gasteiger charge is 2.11. The Hall–Kier alpha value is -1.20. The van der Waals surface area contributed by atoms with Crippen LogP contribution in [-0.4, -0.2) is 35.4 Å². The van der Waals surface area contributed by atoms with Crippen molar-refractivity contribution in [2.45, 2.75) is 6.61 Å². The van der Waals surface area contributed by atoms with Crippen LogP contribution in [0.3, 0.4) is 0 Å². The van der Waals surface area contributed by atoms with Crippen LogP contribution in [0.4, 0.5) is 10.2 Å². The summed E-state index contributed by atoms with van der Waals surface area (Å²) in [7, 11) is 1.63. The van der Waals surface area contributed by atoms with Crippen molar-refractivity contribution in [3.8, 4) is 0 Å². The first-order valence-corrected chi connectivity index (χ1v) is 4.27. The van der Waals surface area contributed by atoms with Gasteiger partial charge in [-0.05, 0) is 6.07 Å². The lowest BCUT2D eigenvalue weighted by atomic mass is 10.2. The average Bonchev–Trinajstić information content (AvgIpc) is 2.18. The molecule has 78 valence electrons. The van der Waals surface area contributed by atoms with E-state index in [0.717, 1.165) is 0 Å². The van der Waals surface area contributed by atoms with Crippen LogP contribution in [0.5, 0.6) is 0 Å². The van der Waals surface area contributed by atoms with Crippen LogP contribution in [-0.2, 0) is 6.61 Å². The van der Waals surface area contributed by atoms with Gasteiger partial charge in [0, 0.05) is 25.4 Å². The fourth-order valence-corrected chi connectivity index (χ4v) is 1.12. The second kappa shape index (κ2) is 4.88. The molecule has 0 saturated carbocycles. The molecular weight excluding hydrogens is 187 g/mol. The number of pyridine rings is 1. The normalized spacial score (nSPS) is 10.3. The van der Waals surface area contributed by atoms with Crippen LogP contribution in [0.25, 0.3) is 0 Å². The lowest BCUT2D eigenvalue weighted by molar-refractivity contribution is 0.275. The monoisotopic (exact) mass is 200 g/mol. The largest absolute Gasteiger partial charge is 0.395 e. The molecule has 1 aromatic heterocycles. The molecule has 5 heteroatoms. The SMILES string of the molecule is CN(CCO)c1nccc(CO)c1F. The third-order valence-electron chi connectivity index (χ3n) is 1.92. The van der Waals surface area contributed by atoms with E-state index in [1.54, 1.807) is 7.05 Å². The minimum absolute atomic E-state index is 0.0685. The van der Waals surface area contributed by atoms with E-state index in [9.17, 15) is 4.39 Å². The summed E-state index contributed by atoms with van der Waals surface area (Å²) in [6.45, 7) is -0.117. The molecule has 0 aliphatic carbocycles. The summed E-state index contributed by atoms with van der Waals surface area (Å²) in [5.41, 5.74) is 0.208. The Bertz CT molecular complexity index is 307. The van der Waals surface area contributed by atoms with E-state index in [2.05, 4.69) is 4.98 Å². The summed E-state index contributed by atoms with van der Waals surface area (Å²) in [5.74, 6) is -0.392. The first kappa shape index (κ1) is 10.9. The molecule has 4 nitrogen and oxygen atoms in total. The van der Waals surface area contributed by atoms with Crippen LogP contribution >= 0.6 is 0 Å². The van der Waals surface area contributed by atoms with Gasteiger partial charge in [0.15, 0.2) is 11.6 Å². The Morgan fingerprint density at radius 2 is 2.21 bits per heavy atom. The zero-order valence-corrected chi connectivity index (χ0v) is 7.94. The smallest absolute Gasteiger partial charge is 0.171 e. The fourth-order valence-electron chi connectivity index (χ4n) is 1.12. The van der Waals surface area contributed by atoms with Crippen molar-refractivity contribution in [3.05, 3.63) is 23.6 Å². The number of hydrogen-bond donors (Lipinski definition) is 2. The van der Waals surface area contributed by atoms with E-state index in [4.69, 9.17) is 10.2 Å². The number of hydrogen-bond acceptors (Lipinski definition) is 4. The van der Waals surface area contributed by atoms with E-state index in [1.165, 1.54) is 17.2 Å². The molecule has 0 spiro atoms. The van der Waals surface area contributed by atoms with Crippen molar-refractivity contribution in [3.63, 3.8) is 0 Å². The van der Waals surface area contributed by atoms with Crippen LogP contribution in [0.1, 0.15) is 5.56 Å². The Balaban J connectivity index is 2.96. The second-order valence-electron chi connectivity index (χ2n) is 2.91. The highest BCUT2D eigenvalue weighted by Crippen LogP contribution is 2.17. The molecule has 0 saturated heterocycles. The van der Waals surface area contributed by atoms with Crippen LogP contribution in [0.15, 0.2) is 12.3 Å². The van der Waals surface area contributed by atoms with Gasteiger partial charge in [-0.2, -0.15) is 0 Å².